The number of nitrogens with zero attached hydrogens (tertiary/aromatic N) is 2. The van der Waals surface area contributed by atoms with Gasteiger partial charge < -0.3 is 9.13 Å². The molecule has 45 heavy (non-hydrogen) atoms. The predicted octanol–water partition coefficient (Wildman–Crippen LogP) is 8.40. The first-order valence-electron chi connectivity index (χ1n) is 15.6. The molecule has 0 atom stereocenters. The first-order chi connectivity index (χ1) is 22.3. The van der Waals surface area contributed by atoms with E-state index in [4.69, 9.17) is 0 Å². The third-order valence-electron chi connectivity index (χ3n) is 9.29. The lowest BCUT2D eigenvalue weighted by atomic mass is 9.37. The summed E-state index contributed by atoms with van der Waals surface area (Å²) in [6.45, 7) is 0.175. The number of fused-ring (bicyclic) bond motifs is 7. The Morgan fingerprint density at radius 1 is 0.333 bits per heavy atom. The maximum Gasteiger partial charge on any atom is 0.241 e. The second kappa shape index (κ2) is 10.4. The quantitative estimate of drug-likeness (QED) is 0.183. The van der Waals surface area contributed by atoms with Gasteiger partial charge in [0.25, 0.3) is 0 Å². The van der Waals surface area contributed by atoms with Crippen LogP contribution >= 0.6 is 0 Å². The van der Waals surface area contributed by atoms with E-state index < -0.39 is 0 Å². The average Bonchev–Trinajstić information content (AvgIpc) is 3.70. The van der Waals surface area contributed by atoms with Crippen molar-refractivity contribution >= 4 is 66.6 Å². The normalized spacial score (nSPS) is 11.6. The highest BCUT2D eigenvalue weighted by molar-refractivity contribution is 6.95. The minimum Gasteiger partial charge on any atom is -0.317 e. The molecule has 0 amide bonds. The van der Waals surface area contributed by atoms with Crippen molar-refractivity contribution in [3.05, 3.63) is 176 Å². The molecular formula is C42H29BN2. The number of hydrogen-bond donors (Lipinski definition) is 0. The summed E-state index contributed by atoms with van der Waals surface area (Å²) < 4.78 is 4.70. The molecule has 9 rings (SSSR count). The van der Waals surface area contributed by atoms with Crippen molar-refractivity contribution in [2.24, 2.45) is 0 Å². The molecule has 3 heteroatoms. The highest BCUT2D eigenvalue weighted by Crippen LogP contribution is 2.39. The largest absolute Gasteiger partial charge is 0.317 e. The molecule has 0 fully saturated rings. The van der Waals surface area contributed by atoms with Crippen LogP contribution in [0.25, 0.3) is 54.9 Å². The smallest absolute Gasteiger partial charge is 0.241 e. The maximum absolute atomic E-state index is 2.42. The summed E-state index contributed by atoms with van der Waals surface area (Å²) >= 11 is 0. The van der Waals surface area contributed by atoms with Gasteiger partial charge >= 0.3 is 0 Å². The zero-order valence-corrected chi connectivity index (χ0v) is 24.7. The van der Waals surface area contributed by atoms with Gasteiger partial charge in [0, 0.05) is 33.7 Å². The minimum atomic E-state index is 0.175. The molecule has 0 aliphatic heterocycles. The summed E-state index contributed by atoms with van der Waals surface area (Å²) in [7, 11) is 0. The Kier molecular flexibility index (Phi) is 5.95. The number of para-hydroxylation sites is 2. The first-order valence-corrected chi connectivity index (χ1v) is 15.6. The molecule has 0 N–H and O–H groups in total. The number of aromatic nitrogens is 2. The van der Waals surface area contributed by atoms with Crippen LogP contribution in [0.15, 0.2) is 176 Å². The van der Waals surface area contributed by atoms with Crippen LogP contribution in [0, 0.1) is 0 Å². The summed E-state index contributed by atoms with van der Waals surface area (Å²) in [5, 5.41) is 6.41. The van der Waals surface area contributed by atoms with Gasteiger partial charge in [-0.15, -0.1) is 0 Å². The van der Waals surface area contributed by atoms with Gasteiger partial charge in [-0.1, -0.05) is 138 Å². The third-order valence-corrected chi connectivity index (χ3v) is 9.29. The summed E-state index contributed by atoms with van der Waals surface area (Å²) in [4.78, 5) is 0. The lowest BCUT2D eigenvalue weighted by molar-refractivity contribution is 1.13. The van der Waals surface area contributed by atoms with Crippen molar-refractivity contribution in [3.8, 4) is 11.4 Å². The number of rotatable bonds is 5. The number of benzene rings is 7. The van der Waals surface area contributed by atoms with Crippen molar-refractivity contribution in [2.45, 2.75) is 0 Å². The molecule has 2 heterocycles. The summed E-state index contributed by atoms with van der Waals surface area (Å²) in [5.41, 5.74) is 9.89. The fourth-order valence-electron chi connectivity index (χ4n) is 7.28. The molecule has 2 nitrogen and oxygen atoms in total. The first kappa shape index (κ1) is 25.7. The predicted molar refractivity (Wildman–Crippen MR) is 193 cm³/mol. The van der Waals surface area contributed by atoms with Crippen LogP contribution in [0.1, 0.15) is 0 Å². The van der Waals surface area contributed by atoms with Gasteiger partial charge in [0.05, 0.1) is 16.6 Å². The maximum atomic E-state index is 2.42. The molecule has 0 bridgehead atoms. The van der Waals surface area contributed by atoms with Gasteiger partial charge in [0.15, 0.2) is 0 Å². The molecule has 0 aliphatic rings. The Morgan fingerprint density at radius 3 is 1.62 bits per heavy atom. The average molecular weight is 573 g/mol. The summed E-state index contributed by atoms with van der Waals surface area (Å²) in [6, 6.07) is 61.6. The van der Waals surface area contributed by atoms with Crippen LogP contribution in [0.2, 0.25) is 0 Å². The van der Waals surface area contributed by atoms with Crippen molar-refractivity contribution in [1.29, 1.82) is 0 Å². The summed E-state index contributed by atoms with van der Waals surface area (Å²) in [5.74, 6) is 0. The van der Waals surface area contributed by atoms with E-state index in [1.54, 1.807) is 0 Å². The molecule has 9 aromatic rings. The second-order valence-corrected chi connectivity index (χ2v) is 11.8. The molecule has 7 aromatic carbocycles. The van der Waals surface area contributed by atoms with E-state index in [0.29, 0.717) is 0 Å². The standard InChI is InChI=1S/C42H29BN2/c1-4-12-30(13-5-1)43(31-14-6-2-7-15-31)32-20-22-34(23-21-32)45-40-19-11-10-18-38(40)42-37-25-26-39-36(35(37)24-27-41(42)45)28-29-44(39)33-16-8-3-9-17-33/h1-29H. The zero-order valence-electron chi connectivity index (χ0n) is 24.7. The zero-order chi connectivity index (χ0) is 29.7. The Hall–Kier alpha value is -5.80. The van der Waals surface area contributed by atoms with Crippen LogP contribution in [0.5, 0.6) is 0 Å². The van der Waals surface area contributed by atoms with Crippen molar-refractivity contribution in [2.75, 3.05) is 0 Å². The van der Waals surface area contributed by atoms with Gasteiger partial charge in [0.1, 0.15) is 0 Å². The monoisotopic (exact) mass is 572 g/mol. The fourth-order valence-corrected chi connectivity index (χ4v) is 7.28. The van der Waals surface area contributed by atoms with Crippen LogP contribution in [-0.2, 0) is 0 Å². The van der Waals surface area contributed by atoms with E-state index in [0.717, 1.165) is 0 Å². The SMILES string of the molecule is c1ccc(B(c2ccccc2)c2ccc(-n3c4ccccc4c4c5ccc6c(ccn6-c6ccccc6)c5ccc43)cc2)cc1. The summed E-state index contributed by atoms with van der Waals surface area (Å²) in [6.07, 6.45) is 2.19. The van der Waals surface area contributed by atoms with E-state index in [1.807, 2.05) is 0 Å². The molecule has 0 radical (unpaired) electrons. The Labute approximate surface area is 262 Å². The fraction of sp³-hybridized carbons (Fsp3) is 0. The van der Waals surface area contributed by atoms with E-state index in [1.165, 1.54) is 71.2 Å². The lowest BCUT2D eigenvalue weighted by Gasteiger charge is -2.16. The Morgan fingerprint density at radius 2 is 0.911 bits per heavy atom. The minimum absolute atomic E-state index is 0.175. The van der Waals surface area contributed by atoms with Gasteiger partial charge in [-0.05, 0) is 59.3 Å². The second-order valence-electron chi connectivity index (χ2n) is 11.8. The highest BCUT2D eigenvalue weighted by atomic mass is 15.0. The van der Waals surface area contributed by atoms with E-state index in [9.17, 15) is 0 Å². The van der Waals surface area contributed by atoms with Crippen molar-refractivity contribution in [3.63, 3.8) is 0 Å². The molecule has 0 saturated heterocycles. The molecule has 210 valence electrons. The van der Waals surface area contributed by atoms with Crippen LogP contribution in [-0.4, -0.2) is 15.8 Å². The van der Waals surface area contributed by atoms with Gasteiger partial charge in [-0.2, -0.15) is 0 Å². The van der Waals surface area contributed by atoms with Crippen molar-refractivity contribution in [1.82, 2.24) is 9.13 Å². The van der Waals surface area contributed by atoms with Crippen molar-refractivity contribution < 1.29 is 0 Å². The molecule has 0 spiro atoms. The van der Waals surface area contributed by atoms with Crippen LogP contribution < -0.4 is 16.4 Å². The van der Waals surface area contributed by atoms with Crippen LogP contribution in [0.4, 0.5) is 0 Å². The molecule has 0 aliphatic carbocycles. The van der Waals surface area contributed by atoms with Gasteiger partial charge in [0.2, 0.25) is 6.71 Å². The highest BCUT2D eigenvalue weighted by Gasteiger charge is 2.22. The Balaban J connectivity index is 1.22. The number of hydrogen-bond acceptors (Lipinski definition) is 0. The van der Waals surface area contributed by atoms with Gasteiger partial charge in [-0.3, -0.25) is 0 Å². The molecule has 2 aromatic heterocycles. The molecule has 0 saturated carbocycles. The lowest BCUT2D eigenvalue weighted by Crippen LogP contribution is -2.51. The topological polar surface area (TPSA) is 9.86 Å². The molecular weight excluding hydrogens is 543 g/mol. The Bertz CT molecular complexity index is 2420. The van der Waals surface area contributed by atoms with Gasteiger partial charge in [-0.25, -0.2) is 0 Å². The molecule has 0 unspecified atom stereocenters. The van der Waals surface area contributed by atoms with E-state index in [-0.39, 0.29) is 6.71 Å². The van der Waals surface area contributed by atoms with Crippen LogP contribution in [0.3, 0.4) is 0 Å². The van der Waals surface area contributed by atoms with E-state index >= 15 is 0 Å². The third kappa shape index (κ3) is 4.12. The van der Waals surface area contributed by atoms with E-state index in [2.05, 4.69) is 185 Å².